The highest BCUT2D eigenvalue weighted by molar-refractivity contribution is 6.04. The van der Waals surface area contributed by atoms with Gasteiger partial charge in [0, 0.05) is 38.0 Å². The van der Waals surface area contributed by atoms with Gasteiger partial charge in [-0.1, -0.05) is 31.2 Å². The molecule has 41 heavy (non-hydrogen) atoms. The second kappa shape index (κ2) is 11.6. The van der Waals surface area contributed by atoms with Crippen LogP contribution in [0.5, 0.6) is 5.75 Å². The summed E-state index contributed by atoms with van der Waals surface area (Å²) in [5.41, 5.74) is -1.55. The molecule has 0 radical (unpaired) electrons. The quantitative estimate of drug-likeness (QED) is 0.345. The standard InChI is InChI=1S/C32H43N3O6/c1-5-31-16-10-20-34(23-12-14-24(15-13-23)40-6-2)28(37)25(31)26-29(38)35(18-8-7-9-21-36)27-30(39)33(22(3)4)19-11-17-32(26,27)41-31/h10-17,22,25-27,36H,5-9,18-21H2,1-4H3/t25-,26+,27?,31+,32+/m1/s1. The minimum atomic E-state index is -1.25. The van der Waals surface area contributed by atoms with Crippen LogP contribution in [0.4, 0.5) is 5.69 Å². The number of benzene rings is 1. The lowest BCUT2D eigenvalue weighted by atomic mass is 9.73. The Morgan fingerprint density at radius 1 is 0.951 bits per heavy atom. The summed E-state index contributed by atoms with van der Waals surface area (Å²) < 4.78 is 12.6. The highest BCUT2D eigenvalue weighted by atomic mass is 16.5. The number of carbonyl (C=O) groups excluding carboxylic acids is 3. The van der Waals surface area contributed by atoms with E-state index >= 15 is 0 Å². The van der Waals surface area contributed by atoms with Crippen molar-refractivity contribution in [2.24, 2.45) is 11.8 Å². The zero-order chi connectivity index (χ0) is 29.4. The lowest BCUT2D eigenvalue weighted by Crippen LogP contribution is -2.57. The van der Waals surface area contributed by atoms with Crippen molar-refractivity contribution in [3.05, 3.63) is 48.6 Å². The van der Waals surface area contributed by atoms with Crippen molar-refractivity contribution in [2.75, 3.05) is 37.7 Å². The molecule has 9 heteroatoms. The summed E-state index contributed by atoms with van der Waals surface area (Å²) in [7, 11) is 0. The molecule has 1 spiro atoms. The highest BCUT2D eigenvalue weighted by Gasteiger charge is 2.75. The van der Waals surface area contributed by atoms with Crippen molar-refractivity contribution in [2.45, 2.75) is 76.7 Å². The first kappa shape index (κ1) is 29.3. The van der Waals surface area contributed by atoms with Crippen LogP contribution in [0.2, 0.25) is 0 Å². The second-order valence-electron chi connectivity index (χ2n) is 11.7. The van der Waals surface area contributed by atoms with Crippen molar-refractivity contribution < 1.29 is 29.0 Å². The minimum Gasteiger partial charge on any atom is -0.494 e. The van der Waals surface area contributed by atoms with E-state index in [1.165, 1.54) is 0 Å². The molecule has 0 aromatic heterocycles. The third kappa shape index (κ3) is 4.77. The number of hydrogen-bond acceptors (Lipinski definition) is 6. The van der Waals surface area contributed by atoms with E-state index in [0.29, 0.717) is 45.5 Å². The van der Waals surface area contributed by atoms with Crippen LogP contribution in [0.25, 0.3) is 0 Å². The largest absolute Gasteiger partial charge is 0.494 e. The maximum absolute atomic E-state index is 14.6. The molecule has 0 bridgehead atoms. The van der Waals surface area contributed by atoms with Crippen LogP contribution in [0.1, 0.15) is 53.4 Å². The number of unbranched alkanes of at least 4 members (excludes halogenated alkanes) is 2. The fraction of sp³-hybridized carbons (Fsp3) is 0.594. The molecule has 1 unspecified atom stereocenters. The molecular formula is C32H43N3O6. The van der Waals surface area contributed by atoms with E-state index in [4.69, 9.17) is 9.47 Å². The molecule has 0 aliphatic carbocycles. The summed E-state index contributed by atoms with van der Waals surface area (Å²) in [6.07, 6.45) is 10.2. The number of carbonyl (C=O) groups is 3. The Kier molecular flexibility index (Phi) is 8.30. The third-order valence-electron chi connectivity index (χ3n) is 9.11. The van der Waals surface area contributed by atoms with Gasteiger partial charge in [-0.15, -0.1) is 0 Å². The predicted molar refractivity (Wildman–Crippen MR) is 155 cm³/mol. The highest BCUT2D eigenvalue weighted by Crippen LogP contribution is 2.58. The zero-order valence-electron chi connectivity index (χ0n) is 24.6. The smallest absolute Gasteiger partial charge is 0.249 e. The van der Waals surface area contributed by atoms with E-state index in [-0.39, 0.29) is 30.4 Å². The number of amides is 3. The maximum atomic E-state index is 14.6. The fourth-order valence-corrected chi connectivity index (χ4v) is 7.17. The molecule has 4 heterocycles. The Bertz CT molecular complexity index is 1210. The summed E-state index contributed by atoms with van der Waals surface area (Å²) in [6.45, 7) is 9.61. The van der Waals surface area contributed by atoms with Crippen molar-refractivity contribution >= 4 is 23.4 Å². The summed E-state index contributed by atoms with van der Waals surface area (Å²) >= 11 is 0. The molecule has 4 aliphatic rings. The first-order valence-corrected chi connectivity index (χ1v) is 15.1. The van der Waals surface area contributed by atoms with Crippen LogP contribution in [0, 0.1) is 11.8 Å². The van der Waals surface area contributed by atoms with Gasteiger partial charge < -0.3 is 29.3 Å². The predicted octanol–water partition coefficient (Wildman–Crippen LogP) is 3.32. The number of ether oxygens (including phenoxy) is 2. The van der Waals surface area contributed by atoms with Gasteiger partial charge in [-0.3, -0.25) is 14.4 Å². The number of aliphatic hydroxyl groups excluding tert-OH is 1. The van der Waals surface area contributed by atoms with E-state index in [0.717, 1.165) is 17.9 Å². The fourth-order valence-electron chi connectivity index (χ4n) is 7.17. The minimum absolute atomic E-state index is 0.0589. The number of aliphatic hydroxyl groups is 1. The van der Waals surface area contributed by atoms with E-state index in [1.807, 2.05) is 76.3 Å². The first-order chi connectivity index (χ1) is 19.7. The molecule has 2 fully saturated rings. The van der Waals surface area contributed by atoms with Crippen molar-refractivity contribution in [1.29, 1.82) is 0 Å². The van der Waals surface area contributed by atoms with E-state index in [1.54, 1.807) is 14.7 Å². The van der Waals surface area contributed by atoms with E-state index in [9.17, 15) is 19.5 Å². The topological polar surface area (TPSA) is 99.6 Å². The molecule has 222 valence electrons. The first-order valence-electron chi connectivity index (χ1n) is 15.1. The Labute approximate surface area is 242 Å². The molecule has 4 aliphatic heterocycles. The Hall–Kier alpha value is -3.17. The Morgan fingerprint density at radius 2 is 1.68 bits per heavy atom. The average molecular weight is 566 g/mol. The lowest BCUT2D eigenvalue weighted by Gasteiger charge is -2.39. The lowest BCUT2D eigenvalue weighted by molar-refractivity contribution is -0.153. The number of fused-ring (bicyclic) bond motifs is 2. The molecule has 1 N–H and O–H groups in total. The van der Waals surface area contributed by atoms with Crippen LogP contribution >= 0.6 is 0 Å². The third-order valence-corrected chi connectivity index (χ3v) is 9.11. The summed E-state index contributed by atoms with van der Waals surface area (Å²) in [6, 6.07) is 6.51. The van der Waals surface area contributed by atoms with Gasteiger partial charge in [-0.2, -0.15) is 0 Å². The molecular weight excluding hydrogens is 522 g/mol. The maximum Gasteiger partial charge on any atom is 0.249 e. The van der Waals surface area contributed by atoms with E-state index in [2.05, 4.69) is 0 Å². The van der Waals surface area contributed by atoms with Gasteiger partial charge >= 0.3 is 0 Å². The Morgan fingerprint density at radius 3 is 2.34 bits per heavy atom. The van der Waals surface area contributed by atoms with Crippen LogP contribution < -0.4 is 9.64 Å². The molecule has 2 saturated heterocycles. The summed E-state index contributed by atoms with van der Waals surface area (Å²) in [5, 5.41) is 9.28. The van der Waals surface area contributed by atoms with Crippen molar-refractivity contribution in [3.8, 4) is 5.75 Å². The van der Waals surface area contributed by atoms with Crippen LogP contribution in [0.15, 0.2) is 48.6 Å². The molecule has 1 aromatic carbocycles. The molecule has 5 atom stereocenters. The van der Waals surface area contributed by atoms with Gasteiger partial charge in [0.1, 0.15) is 17.4 Å². The summed E-state index contributed by atoms with van der Waals surface area (Å²) in [5.74, 6) is -1.44. The molecule has 0 saturated carbocycles. The van der Waals surface area contributed by atoms with Crippen molar-refractivity contribution in [1.82, 2.24) is 9.80 Å². The van der Waals surface area contributed by atoms with E-state index < -0.39 is 29.1 Å². The number of nitrogens with zero attached hydrogens (tertiary/aromatic N) is 3. The van der Waals surface area contributed by atoms with Gasteiger partial charge in [0.2, 0.25) is 17.7 Å². The van der Waals surface area contributed by atoms with Crippen LogP contribution in [-0.4, -0.2) is 88.8 Å². The molecule has 9 nitrogen and oxygen atoms in total. The van der Waals surface area contributed by atoms with Gasteiger partial charge in [-0.25, -0.2) is 0 Å². The monoisotopic (exact) mass is 565 g/mol. The normalized spacial score (nSPS) is 30.9. The van der Waals surface area contributed by atoms with Crippen LogP contribution in [-0.2, 0) is 19.1 Å². The summed E-state index contributed by atoms with van der Waals surface area (Å²) in [4.78, 5) is 48.4. The van der Waals surface area contributed by atoms with Crippen LogP contribution in [0.3, 0.4) is 0 Å². The average Bonchev–Trinajstić information content (AvgIpc) is 3.24. The van der Waals surface area contributed by atoms with Gasteiger partial charge in [-0.05, 0) is 70.7 Å². The molecule has 1 aromatic rings. The number of hydrogen-bond donors (Lipinski definition) is 1. The van der Waals surface area contributed by atoms with Gasteiger partial charge in [0.25, 0.3) is 0 Å². The number of likely N-dealkylation sites (tertiary alicyclic amines) is 1. The van der Waals surface area contributed by atoms with Crippen molar-refractivity contribution in [3.63, 3.8) is 0 Å². The number of rotatable bonds is 10. The Balaban J connectivity index is 1.58. The number of anilines is 1. The van der Waals surface area contributed by atoms with Gasteiger partial charge in [0.15, 0.2) is 0 Å². The second-order valence-corrected chi connectivity index (χ2v) is 11.7. The zero-order valence-corrected chi connectivity index (χ0v) is 24.6. The van der Waals surface area contributed by atoms with Gasteiger partial charge in [0.05, 0.1) is 24.0 Å². The molecule has 3 amide bonds. The molecule has 5 rings (SSSR count). The SMILES string of the molecule is CCOc1ccc(N2CC=C[C@]3(CC)O[C@]45C=CCN(C(C)C)C(=O)C4N(CCCCCO)C(=O)[C@@H]5[C@@H]3C2=O)cc1.